The highest BCUT2D eigenvalue weighted by Crippen LogP contribution is 2.51. The first-order chi connectivity index (χ1) is 5.56. The zero-order valence-electron chi connectivity index (χ0n) is 8.26. The van der Waals surface area contributed by atoms with E-state index >= 15 is 0 Å². The van der Waals surface area contributed by atoms with E-state index in [0.29, 0.717) is 0 Å². The Balaban J connectivity index is 1.99. The van der Waals surface area contributed by atoms with Crippen LogP contribution in [-0.4, -0.2) is 8.32 Å². The third-order valence-electron chi connectivity index (χ3n) is 2.60. The number of fused-ring (bicyclic) bond motifs is 1. The molecule has 0 aliphatic heterocycles. The van der Waals surface area contributed by atoms with Gasteiger partial charge >= 0.3 is 0 Å². The molecule has 0 radical (unpaired) electrons. The maximum Gasteiger partial charge on any atom is 0.241 e. The molecule has 2 rings (SSSR count). The van der Waals surface area contributed by atoms with E-state index < -0.39 is 8.32 Å². The summed E-state index contributed by atoms with van der Waals surface area (Å²) < 4.78 is 6.03. The Morgan fingerprint density at radius 1 is 1.42 bits per heavy atom. The fourth-order valence-corrected chi connectivity index (χ4v) is 2.92. The first kappa shape index (κ1) is 8.36. The van der Waals surface area contributed by atoms with Crippen molar-refractivity contribution in [2.45, 2.75) is 38.9 Å². The van der Waals surface area contributed by atoms with Gasteiger partial charge in [0.2, 0.25) is 8.32 Å². The molecule has 12 heavy (non-hydrogen) atoms. The van der Waals surface area contributed by atoms with Gasteiger partial charge < -0.3 is 4.43 Å². The highest BCUT2D eigenvalue weighted by molar-refractivity contribution is 6.70. The molecule has 2 atom stereocenters. The lowest BCUT2D eigenvalue weighted by Gasteiger charge is -2.23. The SMILES string of the molecule is C[Si](C)(C)OC1=CCC[C@H]2C[C@@H]12. The van der Waals surface area contributed by atoms with Crippen molar-refractivity contribution in [2.75, 3.05) is 0 Å². The second-order valence-corrected chi connectivity index (χ2v) is 9.43. The fraction of sp³-hybridized carbons (Fsp3) is 0.800. The molecule has 1 fully saturated rings. The molecular formula is C10H18OSi. The molecule has 0 heterocycles. The molecule has 2 aliphatic carbocycles. The summed E-state index contributed by atoms with van der Waals surface area (Å²) in [6, 6.07) is 0. The van der Waals surface area contributed by atoms with Gasteiger partial charge in [-0.05, 0) is 50.9 Å². The lowest BCUT2D eigenvalue weighted by atomic mass is 10.1. The van der Waals surface area contributed by atoms with Crippen LogP contribution in [0.15, 0.2) is 11.8 Å². The Labute approximate surface area is 75.9 Å². The van der Waals surface area contributed by atoms with E-state index in [0.717, 1.165) is 11.8 Å². The average Bonchev–Trinajstić information content (AvgIpc) is 2.62. The lowest BCUT2D eigenvalue weighted by molar-refractivity contribution is 0.368. The average molecular weight is 182 g/mol. The molecule has 0 amide bonds. The normalized spacial score (nSPS) is 33.8. The molecule has 0 aromatic rings. The second-order valence-electron chi connectivity index (χ2n) is 5.00. The minimum atomic E-state index is -1.33. The van der Waals surface area contributed by atoms with Gasteiger partial charge in [0.15, 0.2) is 0 Å². The smallest absolute Gasteiger partial charge is 0.241 e. The van der Waals surface area contributed by atoms with Crippen molar-refractivity contribution in [3.8, 4) is 0 Å². The predicted molar refractivity (Wildman–Crippen MR) is 53.3 cm³/mol. The molecule has 0 N–H and O–H groups in total. The second kappa shape index (κ2) is 2.62. The van der Waals surface area contributed by atoms with Gasteiger partial charge in [0, 0.05) is 5.92 Å². The first-order valence-corrected chi connectivity index (χ1v) is 8.36. The standard InChI is InChI=1S/C10H18OSi/c1-12(2,3)11-10-6-4-5-8-7-9(8)10/h6,8-9H,4-5,7H2,1-3H3/t8-,9+/m0/s1. The Morgan fingerprint density at radius 2 is 2.17 bits per heavy atom. The van der Waals surface area contributed by atoms with E-state index in [2.05, 4.69) is 25.7 Å². The minimum absolute atomic E-state index is 0.825. The number of allylic oxidation sites excluding steroid dienone is 2. The highest BCUT2D eigenvalue weighted by atomic mass is 28.4. The molecule has 0 bridgehead atoms. The zero-order valence-corrected chi connectivity index (χ0v) is 9.26. The van der Waals surface area contributed by atoms with Crippen molar-refractivity contribution in [3.63, 3.8) is 0 Å². The van der Waals surface area contributed by atoms with Crippen LogP contribution < -0.4 is 0 Å². The molecule has 0 aromatic heterocycles. The van der Waals surface area contributed by atoms with E-state index in [-0.39, 0.29) is 0 Å². The predicted octanol–water partition coefficient (Wildman–Crippen LogP) is 3.15. The van der Waals surface area contributed by atoms with Crippen molar-refractivity contribution in [2.24, 2.45) is 11.8 Å². The minimum Gasteiger partial charge on any atom is -0.547 e. The summed E-state index contributed by atoms with van der Waals surface area (Å²) in [7, 11) is -1.33. The molecule has 2 heteroatoms. The van der Waals surface area contributed by atoms with Gasteiger partial charge in [-0.15, -0.1) is 0 Å². The summed E-state index contributed by atoms with van der Waals surface area (Å²) in [5.74, 6) is 3.15. The molecule has 0 spiro atoms. The lowest BCUT2D eigenvalue weighted by Crippen LogP contribution is -2.26. The zero-order chi connectivity index (χ0) is 8.77. The van der Waals surface area contributed by atoms with E-state index in [9.17, 15) is 0 Å². The Bertz CT molecular complexity index is 214. The summed E-state index contributed by atoms with van der Waals surface area (Å²) in [5, 5.41) is 0. The largest absolute Gasteiger partial charge is 0.547 e. The van der Waals surface area contributed by atoms with Crippen LogP contribution >= 0.6 is 0 Å². The third kappa shape index (κ3) is 1.74. The van der Waals surface area contributed by atoms with Crippen LogP contribution in [0.1, 0.15) is 19.3 Å². The van der Waals surface area contributed by atoms with Gasteiger partial charge in [0.1, 0.15) is 0 Å². The molecular weight excluding hydrogens is 164 g/mol. The van der Waals surface area contributed by atoms with Crippen LogP contribution in [0.4, 0.5) is 0 Å². The fourth-order valence-electron chi connectivity index (χ4n) is 1.98. The van der Waals surface area contributed by atoms with E-state index in [4.69, 9.17) is 4.43 Å². The van der Waals surface area contributed by atoms with Gasteiger partial charge in [-0.3, -0.25) is 0 Å². The molecule has 0 unspecified atom stereocenters. The van der Waals surface area contributed by atoms with Gasteiger partial charge in [0.25, 0.3) is 0 Å². The van der Waals surface area contributed by atoms with Crippen molar-refractivity contribution in [1.29, 1.82) is 0 Å². The van der Waals surface area contributed by atoms with Crippen LogP contribution in [0.25, 0.3) is 0 Å². The molecule has 2 aliphatic rings. The summed E-state index contributed by atoms with van der Waals surface area (Å²) in [6.07, 6.45) is 6.38. The first-order valence-electron chi connectivity index (χ1n) is 4.95. The molecule has 1 nitrogen and oxygen atoms in total. The topological polar surface area (TPSA) is 9.23 Å². The number of hydrogen-bond acceptors (Lipinski definition) is 1. The summed E-state index contributed by atoms with van der Waals surface area (Å²) >= 11 is 0. The van der Waals surface area contributed by atoms with E-state index in [1.807, 2.05) is 0 Å². The molecule has 68 valence electrons. The Kier molecular flexibility index (Phi) is 1.83. The Morgan fingerprint density at radius 3 is 2.83 bits per heavy atom. The van der Waals surface area contributed by atoms with Crippen LogP contribution in [0, 0.1) is 11.8 Å². The summed E-state index contributed by atoms with van der Waals surface area (Å²) in [5.41, 5.74) is 0. The molecule has 0 saturated heterocycles. The van der Waals surface area contributed by atoms with Gasteiger partial charge in [0.05, 0.1) is 5.76 Å². The van der Waals surface area contributed by atoms with Crippen LogP contribution in [0.2, 0.25) is 19.6 Å². The third-order valence-corrected chi connectivity index (χ3v) is 3.44. The maximum absolute atomic E-state index is 6.03. The summed E-state index contributed by atoms with van der Waals surface area (Å²) in [6.45, 7) is 6.79. The van der Waals surface area contributed by atoms with Crippen molar-refractivity contribution in [3.05, 3.63) is 11.8 Å². The van der Waals surface area contributed by atoms with Gasteiger partial charge in [-0.25, -0.2) is 0 Å². The van der Waals surface area contributed by atoms with E-state index in [1.54, 1.807) is 0 Å². The van der Waals surface area contributed by atoms with Crippen molar-refractivity contribution < 1.29 is 4.43 Å². The van der Waals surface area contributed by atoms with E-state index in [1.165, 1.54) is 25.0 Å². The monoisotopic (exact) mass is 182 g/mol. The number of rotatable bonds is 2. The van der Waals surface area contributed by atoms with Crippen molar-refractivity contribution >= 4 is 8.32 Å². The maximum atomic E-state index is 6.03. The molecule has 0 aromatic carbocycles. The number of hydrogen-bond donors (Lipinski definition) is 0. The van der Waals surface area contributed by atoms with Gasteiger partial charge in [-0.2, -0.15) is 0 Å². The van der Waals surface area contributed by atoms with Crippen molar-refractivity contribution in [1.82, 2.24) is 0 Å². The van der Waals surface area contributed by atoms with Crippen LogP contribution in [0.5, 0.6) is 0 Å². The molecule has 1 saturated carbocycles. The van der Waals surface area contributed by atoms with Crippen LogP contribution in [-0.2, 0) is 4.43 Å². The Hall–Kier alpha value is -0.243. The summed E-state index contributed by atoms with van der Waals surface area (Å²) in [4.78, 5) is 0. The highest BCUT2D eigenvalue weighted by Gasteiger charge is 2.43. The quantitative estimate of drug-likeness (QED) is 0.596. The van der Waals surface area contributed by atoms with Gasteiger partial charge in [-0.1, -0.05) is 0 Å². The van der Waals surface area contributed by atoms with Crippen LogP contribution in [0.3, 0.4) is 0 Å².